The molecule has 7 N–H and O–H groups in total. The zero-order valence-corrected chi connectivity index (χ0v) is 76.9. The predicted octanol–water partition coefficient (Wildman–Crippen LogP) is 22.8. The van der Waals surface area contributed by atoms with Crippen molar-refractivity contribution in [2.24, 2.45) is 31.6 Å². The summed E-state index contributed by atoms with van der Waals surface area (Å²) in [7, 11) is 0. The monoisotopic (exact) mass is 1690 g/mol. The molecule has 2 atom stereocenters. The Kier molecular flexibility index (Phi) is 43.7. The molecule has 9 rings (SSSR count). The number of aromatic nitrogens is 2. The van der Waals surface area contributed by atoms with Crippen molar-refractivity contribution in [2.75, 3.05) is 32.1 Å². The maximum Gasteiger partial charge on any atom is 0.415 e. The van der Waals surface area contributed by atoms with E-state index in [4.69, 9.17) is 57.3 Å². The van der Waals surface area contributed by atoms with Crippen molar-refractivity contribution >= 4 is 87.7 Å². The van der Waals surface area contributed by atoms with Gasteiger partial charge in [0.1, 0.15) is 46.1 Å². The first-order valence-corrected chi connectivity index (χ1v) is 41.3. The molecule has 0 saturated heterocycles. The van der Waals surface area contributed by atoms with Crippen LogP contribution in [-0.2, 0) is 39.6 Å². The number of carbonyl (C=O) groups excluding carboxylic acids is 5. The van der Waals surface area contributed by atoms with Gasteiger partial charge in [-0.05, 0) is 246 Å². The summed E-state index contributed by atoms with van der Waals surface area (Å²) >= 11 is 5.57. The number of guanidine groups is 1. The Morgan fingerprint density at radius 2 is 0.902 bits per heavy atom. The molecule has 0 saturated carbocycles. The lowest BCUT2D eigenvalue weighted by molar-refractivity contribution is -0.153. The first-order chi connectivity index (χ1) is 57.1. The highest BCUT2D eigenvalue weighted by Crippen LogP contribution is 2.36. The van der Waals surface area contributed by atoms with Gasteiger partial charge < -0.3 is 35.2 Å². The van der Waals surface area contributed by atoms with Gasteiger partial charge in [-0.15, -0.1) is 11.6 Å². The SMILES string of the molecule is C=C(NC(=O)OC(C)(C)C)n1nc(C)cc1C.CC(=CCCl)c1ccccc1.CC(=CCN)c1ccccc1.CC(=CCN=C(NC(=O)OC(C)(C)C)NC(=O)OC(C)(C)C)c1ccccc1.CC(=CCN=[N+]=[N-])c1ccccc1.CC(C)(C)OC(=O)CC1=NC(C)(c2ccccc2)CCN1C(=O)OC(C)(C)C.CC1(c2ccccc2)CCCC(N)=N1. The smallest absolute Gasteiger partial charge is 0.415 e. The van der Waals surface area contributed by atoms with E-state index in [2.05, 4.69) is 117 Å². The molecule has 24 nitrogen and oxygen atoms in total. The Bertz CT molecular complexity index is 4610. The van der Waals surface area contributed by atoms with Gasteiger partial charge in [0.25, 0.3) is 0 Å². The Balaban J connectivity index is 0.000000380. The van der Waals surface area contributed by atoms with E-state index in [0.717, 1.165) is 64.3 Å². The molecule has 6 aromatic carbocycles. The zero-order valence-electron chi connectivity index (χ0n) is 76.1. The van der Waals surface area contributed by atoms with Gasteiger partial charge in [0.2, 0.25) is 5.96 Å². The fourth-order valence-electron chi connectivity index (χ4n) is 11.4. The van der Waals surface area contributed by atoms with Crippen LogP contribution in [0, 0.1) is 13.8 Å². The summed E-state index contributed by atoms with van der Waals surface area (Å²) in [5.41, 5.74) is 29.0. The molecule has 25 heteroatoms. The molecule has 3 heterocycles. The molecule has 122 heavy (non-hydrogen) atoms. The largest absolute Gasteiger partial charge is 0.460 e. The Hall–Kier alpha value is -11.9. The number of aryl methyl sites for hydroxylation is 2. The second-order valence-electron chi connectivity index (χ2n) is 34.1. The molecular weight excluding hydrogens is 1560 g/mol. The Morgan fingerprint density at radius 1 is 0.533 bits per heavy atom. The average molecular weight is 1690 g/mol. The third-order valence-electron chi connectivity index (χ3n) is 17.2. The number of carbonyl (C=O) groups is 5. The summed E-state index contributed by atoms with van der Waals surface area (Å²) in [5, 5.41) is 15.1. The van der Waals surface area contributed by atoms with Crippen molar-refractivity contribution < 1.29 is 47.7 Å². The zero-order chi connectivity index (χ0) is 91.5. The number of nitrogens with one attached hydrogen (secondary N) is 3. The second-order valence-corrected chi connectivity index (χ2v) is 34.4. The summed E-state index contributed by atoms with van der Waals surface area (Å²) in [4.78, 5) is 78.5. The van der Waals surface area contributed by atoms with Crippen molar-refractivity contribution in [2.45, 2.75) is 230 Å². The van der Waals surface area contributed by atoms with Crippen molar-refractivity contribution in [3.63, 3.8) is 0 Å². The molecule has 0 spiro atoms. The minimum absolute atomic E-state index is 0.0411. The van der Waals surface area contributed by atoms with Crippen molar-refractivity contribution in [3.05, 3.63) is 274 Å². The van der Waals surface area contributed by atoms with Crippen LogP contribution in [-0.4, -0.2) is 123 Å². The van der Waals surface area contributed by atoms with Gasteiger partial charge >= 0.3 is 30.3 Å². The van der Waals surface area contributed by atoms with Crippen molar-refractivity contribution in [1.29, 1.82) is 0 Å². The van der Waals surface area contributed by atoms with Crippen molar-refractivity contribution in [1.82, 2.24) is 30.6 Å². The number of amidine groups is 2. The predicted molar refractivity (Wildman–Crippen MR) is 500 cm³/mol. The topological polar surface area (TPSA) is 327 Å². The molecule has 0 aliphatic carbocycles. The van der Waals surface area contributed by atoms with Gasteiger partial charge in [-0.2, -0.15) is 5.10 Å². The molecular formula is C97H133ClN14O10. The van der Waals surface area contributed by atoms with Crippen LogP contribution in [0.2, 0.25) is 0 Å². The number of hydrogen-bond donors (Lipinski definition) is 5. The van der Waals surface area contributed by atoms with Crippen LogP contribution in [0.3, 0.4) is 0 Å². The van der Waals surface area contributed by atoms with E-state index in [0.29, 0.717) is 43.6 Å². The number of amides is 4. The first-order valence-electron chi connectivity index (χ1n) is 40.8. The Morgan fingerprint density at radius 3 is 1.26 bits per heavy atom. The van der Waals surface area contributed by atoms with E-state index < -0.39 is 63.9 Å². The van der Waals surface area contributed by atoms with E-state index >= 15 is 0 Å². The lowest BCUT2D eigenvalue weighted by Crippen LogP contribution is -2.48. The van der Waals surface area contributed by atoms with Gasteiger partial charge in [-0.25, -0.2) is 28.9 Å². The average Bonchev–Trinajstić information content (AvgIpc) is 0.971. The summed E-state index contributed by atoms with van der Waals surface area (Å²) in [6.45, 7) is 48.3. The van der Waals surface area contributed by atoms with Crippen LogP contribution in [0.1, 0.15) is 222 Å². The molecule has 658 valence electrons. The van der Waals surface area contributed by atoms with E-state index in [1.165, 1.54) is 32.7 Å². The number of benzene rings is 6. The highest BCUT2D eigenvalue weighted by Gasteiger charge is 2.38. The summed E-state index contributed by atoms with van der Waals surface area (Å²) in [6, 6.07) is 62.5. The maximum absolute atomic E-state index is 12.7. The number of azide groups is 1. The highest BCUT2D eigenvalue weighted by molar-refractivity contribution is 6.19. The van der Waals surface area contributed by atoms with Crippen LogP contribution < -0.4 is 27.4 Å². The number of alkyl carbamates (subject to hydrolysis) is 3. The lowest BCUT2D eigenvalue weighted by Gasteiger charge is -2.38. The number of esters is 1. The van der Waals surface area contributed by atoms with Crippen LogP contribution >= 0.6 is 11.6 Å². The maximum atomic E-state index is 12.7. The Labute approximate surface area is 730 Å². The number of halogens is 1. The molecule has 4 amide bonds. The standard InChI is InChI=1S/C22H32N2O4.C21H31N3O4.C12H19N3O2.C12H16N2.C10H11Cl.C10H11N3.C10H13N/c1-20(2,3)27-18(25)15-17-23-22(7,16-11-9-8-10-12-16)13-14-24(17)19(26)28-21(4,5)6;1-15(16-11-9-8-10-12-16)13-14-22-17(23-18(25)27-20(2,3)4)24-19(26)28-21(5,6)7;1-8-7-9(2)15(14-8)10(3)13-11(16)17-12(4,5)6;1-12(9-5-8-11(13)14-12)10-6-3-2-4-7-10;1-9(7-8-11)10-5-3-2-4-6-10;1-9(7-8-12-13-11)10-5-3-2-4-6-10;1-9(7-8-11)10-5-3-2-4-6-10/h8-12H,13-15H2,1-7H3;8-13H,14H2,1-7H3,(H2,22,23,24,25,26);7H,3H2,1-2,4-6H3,(H,13,16);2-4,6-7H,5,8-9H2,1H3,(H2,13,14);2-7H,8H2,1H3;2-7H,8H2,1H3;2-7H,8,11H2,1H3. The van der Waals surface area contributed by atoms with Crippen molar-refractivity contribution in [3.8, 4) is 0 Å². The summed E-state index contributed by atoms with van der Waals surface area (Å²) in [5.74, 6) is 1.67. The first kappa shape index (κ1) is 104. The van der Waals surface area contributed by atoms with Gasteiger partial charge in [0, 0.05) is 42.5 Å². The van der Waals surface area contributed by atoms with Crippen LogP contribution in [0.15, 0.2) is 239 Å². The normalized spacial score (nSPS) is 15.3. The van der Waals surface area contributed by atoms with Crippen LogP contribution in [0.4, 0.5) is 19.2 Å². The molecule has 1 aromatic heterocycles. The number of allylic oxidation sites excluding steroid dienone is 5. The van der Waals surface area contributed by atoms with E-state index in [1.54, 1.807) is 67.0 Å². The van der Waals surface area contributed by atoms with Gasteiger partial charge in [0.15, 0.2) is 0 Å². The molecule has 2 aliphatic heterocycles. The number of ether oxygens (including phenoxy) is 5. The summed E-state index contributed by atoms with van der Waals surface area (Å²) < 4.78 is 28.1. The third-order valence-corrected chi connectivity index (χ3v) is 17.3. The quantitative estimate of drug-likeness (QED) is 0.00879. The van der Waals surface area contributed by atoms with E-state index in [9.17, 15) is 24.0 Å². The lowest BCUT2D eigenvalue weighted by atomic mass is 9.85. The fourth-order valence-corrected chi connectivity index (χ4v) is 11.6. The number of hydrogen-bond acceptors (Lipinski definition) is 17. The molecule has 7 aromatic rings. The molecule has 0 radical (unpaired) electrons. The summed E-state index contributed by atoms with van der Waals surface area (Å²) in [6.07, 6.45) is 9.11. The van der Waals surface area contributed by atoms with E-state index in [1.807, 2.05) is 240 Å². The minimum Gasteiger partial charge on any atom is -0.460 e. The number of nitrogens with two attached hydrogens (primary N) is 2. The van der Waals surface area contributed by atoms with Gasteiger partial charge in [-0.3, -0.25) is 35.6 Å². The third kappa shape index (κ3) is 43.4. The number of rotatable bonds is 16. The van der Waals surface area contributed by atoms with Crippen LogP contribution in [0.25, 0.3) is 38.6 Å². The second kappa shape index (κ2) is 51.0. The molecule has 2 aliphatic rings. The molecule has 2 unspecified atom stereocenters. The number of nitrogens with zero attached hydrogens (tertiary/aromatic N) is 9. The molecule has 0 fully saturated rings. The number of aliphatic imine (C=N–C) groups is 3. The van der Waals surface area contributed by atoms with E-state index in [-0.39, 0.29) is 24.5 Å². The fraction of sp³-hybridized carbons (Fsp3) is 0.412. The highest BCUT2D eigenvalue weighted by atomic mass is 35.5. The number of alkyl halides is 1. The van der Waals surface area contributed by atoms with Crippen LogP contribution in [0.5, 0.6) is 0 Å². The minimum atomic E-state index is -0.717. The van der Waals surface area contributed by atoms with Gasteiger partial charge in [0.05, 0.1) is 29.2 Å². The molecule has 0 bridgehead atoms. The van der Waals surface area contributed by atoms with Gasteiger partial charge in [-0.1, -0.05) is 218 Å².